The smallest absolute Gasteiger partial charge is 0.0336 e. The standard InChI is InChI=1S/C10H12N/c1-11-10-7-9(10)8-5-3-2-4-6-8/h2-6,9-10H,7H2,1H3/q-1/t9-,10+/m1/s1. The Bertz CT molecular complexity index is 230. The Labute approximate surface area is 67.4 Å². The van der Waals surface area contributed by atoms with Crippen molar-refractivity contribution in [1.29, 1.82) is 0 Å². The van der Waals surface area contributed by atoms with Gasteiger partial charge in [0.1, 0.15) is 0 Å². The highest BCUT2D eigenvalue weighted by molar-refractivity contribution is 5.30. The van der Waals surface area contributed by atoms with Crippen molar-refractivity contribution < 1.29 is 0 Å². The van der Waals surface area contributed by atoms with Crippen LogP contribution >= 0.6 is 0 Å². The first kappa shape index (κ1) is 6.86. The van der Waals surface area contributed by atoms with E-state index in [1.165, 1.54) is 12.0 Å². The Morgan fingerprint density at radius 2 is 2.00 bits per heavy atom. The van der Waals surface area contributed by atoms with Crippen molar-refractivity contribution in [3.63, 3.8) is 0 Å². The quantitative estimate of drug-likeness (QED) is 0.608. The molecule has 0 bridgehead atoms. The molecule has 0 amide bonds. The van der Waals surface area contributed by atoms with Crippen LogP contribution in [0.15, 0.2) is 30.3 Å². The monoisotopic (exact) mass is 146 g/mol. The molecule has 1 saturated carbocycles. The van der Waals surface area contributed by atoms with Crippen LogP contribution in [0.4, 0.5) is 0 Å². The first-order valence-corrected chi connectivity index (χ1v) is 4.05. The van der Waals surface area contributed by atoms with E-state index in [1.54, 1.807) is 0 Å². The maximum atomic E-state index is 4.26. The van der Waals surface area contributed by atoms with Crippen molar-refractivity contribution >= 4 is 0 Å². The van der Waals surface area contributed by atoms with Crippen molar-refractivity contribution in [3.8, 4) is 0 Å². The highest BCUT2D eigenvalue weighted by Crippen LogP contribution is 2.44. The lowest BCUT2D eigenvalue weighted by atomic mass is 10.1. The maximum Gasteiger partial charge on any atom is -0.0336 e. The number of hydrogen-bond donors (Lipinski definition) is 0. The van der Waals surface area contributed by atoms with Gasteiger partial charge in [0.05, 0.1) is 0 Å². The van der Waals surface area contributed by atoms with Gasteiger partial charge in [-0.25, -0.2) is 0 Å². The fourth-order valence-corrected chi connectivity index (χ4v) is 1.53. The third-order valence-corrected chi connectivity index (χ3v) is 2.32. The second kappa shape index (κ2) is 2.67. The Morgan fingerprint density at radius 3 is 2.55 bits per heavy atom. The Morgan fingerprint density at radius 1 is 1.27 bits per heavy atom. The SMILES string of the molecule is C[N-][C@H]1C[C@@H]1c1ccccc1. The molecule has 0 heterocycles. The van der Waals surface area contributed by atoms with E-state index in [9.17, 15) is 0 Å². The summed E-state index contributed by atoms with van der Waals surface area (Å²) < 4.78 is 0. The second-order valence-corrected chi connectivity index (χ2v) is 3.08. The molecule has 11 heavy (non-hydrogen) atoms. The summed E-state index contributed by atoms with van der Waals surface area (Å²) in [6, 6.07) is 11.2. The van der Waals surface area contributed by atoms with Gasteiger partial charge in [0.25, 0.3) is 0 Å². The largest absolute Gasteiger partial charge is 0.662 e. The summed E-state index contributed by atoms with van der Waals surface area (Å²) in [5, 5.41) is 4.26. The van der Waals surface area contributed by atoms with Gasteiger partial charge >= 0.3 is 0 Å². The second-order valence-electron chi connectivity index (χ2n) is 3.08. The molecule has 1 heteroatoms. The number of nitrogens with zero attached hydrogens (tertiary/aromatic N) is 1. The summed E-state index contributed by atoms with van der Waals surface area (Å²) >= 11 is 0. The molecule has 2 atom stereocenters. The van der Waals surface area contributed by atoms with Gasteiger partial charge in [0, 0.05) is 0 Å². The topological polar surface area (TPSA) is 14.1 Å². The zero-order chi connectivity index (χ0) is 7.68. The van der Waals surface area contributed by atoms with Crippen molar-refractivity contribution in [1.82, 2.24) is 0 Å². The van der Waals surface area contributed by atoms with Gasteiger partial charge in [-0.3, -0.25) is 0 Å². The lowest BCUT2D eigenvalue weighted by Gasteiger charge is -2.09. The molecule has 0 saturated heterocycles. The molecule has 0 unspecified atom stereocenters. The van der Waals surface area contributed by atoms with E-state index < -0.39 is 0 Å². The van der Waals surface area contributed by atoms with Crippen LogP contribution in [0.25, 0.3) is 5.32 Å². The summed E-state index contributed by atoms with van der Waals surface area (Å²) in [5.41, 5.74) is 1.45. The zero-order valence-electron chi connectivity index (χ0n) is 6.70. The lowest BCUT2D eigenvalue weighted by molar-refractivity contribution is 1.07. The van der Waals surface area contributed by atoms with Crippen LogP contribution in [-0.2, 0) is 0 Å². The van der Waals surface area contributed by atoms with E-state index >= 15 is 0 Å². The molecule has 0 N–H and O–H groups in total. The van der Waals surface area contributed by atoms with E-state index in [1.807, 2.05) is 7.05 Å². The Kier molecular flexibility index (Phi) is 1.66. The molecule has 1 aliphatic rings. The Hall–Kier alpha value is -0.820. The fraction of sp³-hybridized carbons (Fsp3) is 0.400. The van der Waals surface area contributed by atoms with Gasteiger partial charge in [-0.15, -0.1) is 6.04 Å². The van der Waals surface area contributed by atoms with Crippen molar-refractivity contribution in [3.05, 3.63) is 41.2 Å². The van der Waals surface area contributed by atoms with Gasteiger partial charge in [0.15, 0.2) is 0 Å². The number of rotatable bonds is 2. The minimum absolute atomic E-state index is 0.609. The van der Waals surface area contributed by atoms with E-state index in [4.69, 9.17) is 0 Å². The van der Waals surface area contributed by atoms with Gasteiger partial charge < -0.3 is 5.32 Å². The van der Waals surface area contributed by atoms with E-state index in [-0.39, 0.29) is 0 Å². The molecule has 2 rings (SSSR count). The highest BCUT2D eigenvalue weighted by Gasteiger charge is 2.28. The normalized spacial score (nSPS) is 28.5. The molecule has 1 aliphatic carbocycles. The Balaban J connectivity index is 2.09. The predicted octanol–water partition coefficient (Wildman–Crippen LogP) is 2.55. The van der Waals surface area contributed by atoms with Crippen LogP contribution in [0.1, 0.15) is 17.9 Å². The molecule has 0 aromatic heterocycles. The number of likely N-dealkylation sites (N-methyl/N-ethyl adjacent to an activating group) is 1. The third-order valence-electron chi connectivity index (χ3n) is 2.32. The summed E-state index contributed by atoms with van der Waals surface area (Å²) in [6.45, 7) is 0. The van der Waals surface area contributed by atoms with Gasteiger partial charge in [-0.1, -0.05) is 36.8 Å². The van der Waals surface area contributed by atoms with Crippen LogP contribution in [0.2, 0.25) is 0 Å². The van der Waals surface area contributed by atoms with Gasteiger partial charge in [0.2, 0.25) is 0 Å². The van der Waals surface area contributed by atoms with Gasteiger partial charge in [-0.05, 0) is 11.5 Å². The zero-order valence-corrected chi connectivity index (χ0v) is 6.70. The number of benzene rings is 1. The molecule has 1 nitrogen and oxygen atoms in total. The fourth-order valence-electron chi connectivity index (χ4n) is 1.53. The van der Waals surface area contributed by atoms with Crippen LogP contribution in [0, 0.1) is 0 Å². The third kappa shape index (κ3) is 1.29. The highest BCUT2D eigenvalue weighted by atomic mass is 14.9. The van der Waals surface area contributed by atoms with E-state index in [2.05, 4.69) is 35.6 Å². The summed E-state index contributed by atoms with van der Waals surface area (Å²) in [6.07, 6.45) is 1.25. The molecule has 1 aromatic rings. The van der Waals surface area contributed by atoms with E-state index in [0.717, 1.165) is 5.92 Å². The first-order chi connectivity index (χ1) is 5.42. The van der Waals surface area contributed by atoms with Crippen LogP contribution in [-0.4, -0.2) is 13.1 Å². The summed E-state index contributed by atoms with van der Waals surface area (Å²) in [7, 11) is 1.91. The minimum atomic E-state index is 0.609. The summed E-state index contributed by atoms with van der Waals surface area (Å²) in [4.78, 5) is 0. The summed E-state index contributed by atoms with van der Waals surface area (Å²) in [5.74, 6) is 0.723. The van der Waals surface area contributed by atoms with Crippen molar-refractivity contribution in [2.75, 3.05) is 7.05 Å². The van der Waals surface area contributed by atoms with E-state index in [0.29, 0.717) is 6.04 Å². The molecular formula is C10H12N-. The molecule has 1 fully saturated rings. The van der Waals surface area contributed by atoms with Crippen LogP contribution in [0.5, 0.6) is 0 Å². The molecule has 0 aliphatic heterocycles. The average molecular weight is 146 g/mol. The first-order valence-electron chi connectivity index (χ1n) is 4.05. The van der Waals surface area contributed by atoms with Crippen LogP contribution < -0.4 is 0 Å². The molecule has 58 valence electrons. The molecule has 0 radical (unpaired) electrons. The molecular weight excluding hydrogens is 134 g/mol. The molecule has 0 spiro atoms. The number of hydrogen-bond acceptors (Lipinski definition) is 0. The van der Waals surface area contributed by atoms with Crippen LogP contribution in [0.3, 0.4) is 0 Å². The van der Waals surface area contributed by atoms with Crippen molar-refractivity contribution in [2.24, 2.45) is 0 Å². The lowest BCUT2D eigenvalue weighted by Crippen LogP contribution is -1.84. The van der Waals surface area contributed by atoms with Gasteiger partial charge in [-0.2, -0.15) is 7.05 Å². The average Bonchev–Trinajstić information content (AvgIpc) is 2.85. The van der Waals surface area contributed by atoms with Crippen molar-refractivity contribution in [2.45, 2.75) is 18.4 Å². The predicted molar refractivity (Wildman–Crippen MR) is 46.9 cm³/mol. The minimum Gasteiger partial charge on any atom is -0.662 e. The maximum absolute atomic E-state index is 4.26. The molecule has 1 aromatic carbocycles.